The number of rotatable bonds is 4. The lowest BCUT2D eigenvalue weighted by Gasteiger charge is -2.25. The van der Waals surface area contributed by atoms with E-state index in [1.807, 2.05) is 6.07 Å². The standard InChI is InChI=1S/C18H24N6O/c1-13(2)16-21-18(25-22-16)14(3)23-8-5-9-24(11-10-23)17-15(12-19)6-4-7-20-17/h4,6-7,13-14H,5,8-11H2,1-3H3. The summed E-state index contributed by atoms with van der Waals surface area (Å²) in [6, 6.07) is 5.94. The fourth-order valence-corrected chi connectivity index (χ4v) is 3.08. The fourth-order valence-electron chi connectivity index (χ4n) is 3.08. The smallest absolute Gasteiger partial charge is 0.243 e. The van der Waals surface area contributed by atoms with Crippen LogP contribution in [0.1, 0.15) is 56.4 Å². The van der Waals surface area contributed by atoms with Crippen molar-refractivity contribution in [2.75, 3.05) is 31.1 Å². The van der Waals surface area contributed by atoms with Crippen LogP contribution in [0.4, 0.5) is 5.82 Å². The van der Waals surface area contributed by atoms with Gasteiger partial charge in [-0.2, -0.15) is 10.2 Å². The van der Waals surface area contributed by atoms with E-state index in [4.69, 9.17) is 4.52 Å². The van der Waals surface area contributed by atoms with Gasteiger partial charge in [-0.15, -0.1) is 0 Å². The Hall–Kier alpha value is -2.46. The van der Waals surface area contributed by atoms with Gasteiger partial charge in [0.1, 0.15) is 11.9 Å². The van der Waals surface area contributed by atoms with E-state index in [1.165, 1.54) is 0 Å². The average molecular weight is 340 g/mol. The summed E-state index contributed by atoms with van der Waals surface area (Å²) < 4.78 is 5.46. The van der Waals surface area contributed by atoms with Gasteiger partial charge in [0.05, 0.1) is 11.6 Å². The number of hydrogen-bond donors (Lipinski definition) is 0. The van der Waals surface area contributed by atoms with E-state index in [2.05, 4.69) is 51.8 Å². The van der Waals surface area contributed by atoms with Crippen LogP contribution in [0.3, 0.4) is 0 Å². The van der Waals surface area contributed by atoms with E-state index in [-0.39, 0.29) is 12.0 Å². The van der Waals surface area contributed by atoms with Gasteiger partial charge < -0.3 is 9.42 Å². The second-order valence-electron chi connectivity index (χ2n) is 6.68. The number of pyridine rings is 1. The summed E-state index contributed by atoms with van der Waals surface area (Å²) in [7, 11) is 0. The molecule has 7 heteroatoms. The van der Waals surface area contributed by atoms with Crippen LogP contribution in [-0.4, -0.2) is 46.2 Å². The van der Waals surface area contributed by atoms with Crippen molar-refractivity contribution in [2.24, 2.45) is 0 Å². The molecule has 1 atom stereocenters. The van der Waals surface area contributed by atoms with Crippen LogP contribution in [-0.2, 0) is 0 Å². The Balaban J connectivity index is 1.69. The summed E-state index contributed by atoms with van der Waals surface area (Å²) in [6.07, 6.45) is 2.74. The van der Waals surface area contributed by atoms with Gasteiger partial charge in [-0.25, -0.2) is 4.98 Å². The van der Waals surface area contributed by atoms with Crippen LogP contribution in [0, 0.1) is 11.3 Å². The Labute approximate surface area is 148 Å². The van der Waals surface area contributed by atoms with E-state index in [9.17, 15) is 5.26 Å². The van der Waals surface area contributed by atoms with E-state index in [1.54, 1.807) is 12.3 Å². The number of nitriles is 1. The van der Waals surface area contributed by atoms with Crippen molar-refractivity contribution in [2.45, 2.75) is 39.2 Å². The predicted molar refractivity (Wildman–Crippen MR) is 94.2 cm³/mol. The first-order chi connectivity index (χ1) is 12.1. The summed E-state index contributed by atoms with van der Waals surface area (Å²) in [5.74, 6) is 2.47. The third-order valence-corrected chi connectivity index (χ3v) is 4.62. The minimum absolute atomic E-state index is 0.0825. The highest BCUT2D eigenvalue weighted by molar-refractivity contribution is 5.53. The van der Waals surface area contributed by atoms with E-state index in [0.717, 1.165) is 44.2 Å². The van der Waals surface area contributed by atoms with Crippen LogP contribution in [0.5, 0.6) is 0 Å². The maximum Gasteiger partial charge on any atom is 0.243 e. The normalized spacial score (nSPS) is 17.3. The Bertz CT molecular complexity index is 750. The minimum atomic E-state index is 0.0825. The van der Waals surface area contributed by atoms with Crippen molar-refractivity contribution in [3.8, 4) is 6.07 Å². The third kappa shape index (κ3) is 3.80. The molecule has 1 saturated heterocycles. The van der Waals surface area contributed by atoms with Gasteiger partial charge in [0.2, 0.25) is 5.89 Å². The molecule has 0 aliphatic carbocycles. The largest absolute Gasteiger partial charge is 0.354 e. The van der Waals surface area contributed by atoms with Crippen LogP contribution in [0.25, 0.3) is 0 Å². The molecular weight excluding hydrogens is 316 g/mol. The van der Waals surface area contributed by atoms with E-state index in [0.29, 0.717) is 11.5 Å². The number of hydrogen-bond acceptors (Lipinski definition) is 7. The highest BCUT2D eigenvalue weighted by atomic mass is 16.5. The fraction of sp³-hybridized carbons (Fsp3) is 0.556. The molecule has 0 radical (unpaired) electrons. The first-order valence-corrected chi connectivity index (χ1v) is 8.77. The molecule has 0 amide bonds. The molecule has 7 nitrogen and oxygen atoms in total. The lowest BCUT2D eigenvalue weighted by molar-refractivity contribution is 0.184. The van der Waals surface area contributed by atoms with Crippen molar-refractivity contribution in [3.05, 3.63) is 35.6 Å². The van der Waals surface area contributed by atoms with E-state index >= 15 is 0 Å². The molecule has 0 saturated carbocycles. The van der Waals surface area contributed by atoms with Gasteiger partial charge in [-0.3, -0.25) is 4.90 Å². The molecule has 132 valence electrons. The highest BCUT2D eigenvalue weighted by Crippen LogP contribution is 2.24. The zero-order valence-corrected chi connectivity index (χ0v) is 15.0. The second-order valence-corrected chi connectivity index (χ2v) is 6.68. The van der Waals surface area contributed by atoms with Crippen LogP contribution in [0.2, 0.25) is 0 Å². The maximum absolute atomic E-state index is 9.30. The summed E-state index contributed by atoms with van der Waals surface area (Å²) in [6.45, 7) is 9.74. The molecule has 0 spiro atoms. The van der Waals surface area contributed by atoms with E-state index < -0.39 is 0 Å². The van der Waals surface area contributed by atoms with Crippen molar-refractivity contribution >= 4 is 5.82 Å². The molecule has 1 aliphatic heterocycles. The zero-order chi connectivity index (χ0) is 17.8. The van der Waals surface area contributed by atoms with Crippen molar-refractivity contribution < 1.29 is 4.52 Å². The SMILES string of the molecule is CC(C)c1noc(C(C)N2CCCN(c3ncccc3C#N)CC2)n1. The van der Waals surface area contributed by atoms with Crippen LogP contribution < -0.4 is 4.90 Å². The molecule has 3 heterocycles. The molecule has 1 aliphatic rings. The molecular formula is C18H24N6O. The average Bonchev–Trinajstić information content (AvgIpc) is 3.00. The third-order valence-electron chi connectivity index (χ3n) is 4.62. The number of nitrogens with zero attached hydrogens (tertiary/aromatic N) is 6. The van der Waals surface area contributed by atoms with Gasteiger partial charge in [0.15, 0.2) is 5.82 Å². The Morgan fingerprint density at radius 1 is 1.20 bits per heavy atom. The lowest BCUT2D eigenvalue weighted by Crippen LogP contribution is -2.33. The predicted octanol–water partition coefficient (Wildman–Crippen LogP) is 2.73. The quantitative estimate of drug-likeness (QED) is 0.846. The van der Waals surface area contributed by atoms with Crippen molar-refractivity contribution in [3.63, 3.8) is 0 Å². The summed E-state index contributed by atoms with van der Waals surface area (Å²) in [5.41, 5.74) is 0.627. The van der Waals surface area contributed by atoms with Crippen molar-refractivity contribution in [1.82, 2.24) is 20.0 Å². The maximum atomic E-state index is 9.30. The van der Waals surface area contributed by atoms with Gasteiger partial charge in [0.25, 0.3) is 0 Å². The molecule has 0 N–H and O–H groups in total. The van der Waals surface area contributed by atoms with Gasteiger partial charge in [-0.05, 0) is 25.5 Å². The van der Waals surface area contributed by atoms with Crippen molar-refractivity contribution in [1.29, 1.82) is 5.26 Å². The summed E-state index contributed by atoms with van der Waals surface area (Å²) in [4.78, 5) is 13.5. The van der Waals surface area contributed by atoms with Gasteiger partial charge in [0, 0.05) is 38.3 Å². The summed E-state index contributed by atoms with van der Waals surface area (Å²) in [5, 5.41) is 13.4. The number of anilines is 1. The topological polar surface area (TPSA) is 82.1 Å². The molecule has 1 unspecified atom stereocenters. The molecule has 2 aromatic rings. The Morgan fingerprint density at radius 3 is 2.76 bits per heavy atom. The minimum Gasteiger partial charge on any atom is -0.354 e. The highest BCUT2D eigenvalue weighted by Gasteiger charge is 2.25. The first-order valence-electron chi connectivity index (χ1n) is 8.77. The Kier molecular flexibility index (Phi) is 5.29. The Morgan fingerprint density at radius 2 is 2.04 bits per heavy atom. The monoisotopic (exact) mass is 340 g/mol. The molecule has 0 bridgehead atoms. The summed E-state index contributed by atoms with van der Waals surface area (Å²) >= 11 is 0. The van der Waals surface area contributed by atoms with Crippen LogP contribution >= 0.6 is 0 Å². The second kappa shape index (κ2) is 7.62. The van der Waals surface area contributed by atoms with Crippen LogP contribution in [0.15, 0.2) is 22.9 Å². The lowest BCUT2D eigenvalue weighted by atomic mass is 10.2. The molecule has 2 aromatic heterocycles. The van der Waals surface area contributed by atoms with Gasteiger partial charge >= 0.3 is 0 Å². The molecule has 25 heavy (non-hydrogen) atoms. The molecule has 1 fully saturated rings. The molecule has 0 aromatic carbocycles. The van der Waals surface area contributed by atoms with Gasteiger partial charge in [-0.1, -0.05) is 19.0 Å². The first kappa shape index (κ1) is 17.4. The molecule has 3 rings (SSSR count). The number of aromatic nitrogens is 3. The zero-order valence-electron chi connectivity index (χ0n) is 15.0.